The molecule has 27 heavy (non-hydrogen) atoms. The fourth-order valence-electron chi connectivity index (χ4n) is 3.01. The number of halogens is 1. The number of primary sulfonamides is 1. The molecule has 3 rings (SSSR count). The molecule has 1 aliphatic rings. The topological polar surface area (TPSA) is 92.9 Å². The Morgan fingerprint density at radius 3 is 2.44 bits per heavy atom. The molecule has 144 valence electrons. The number of hydrogen-bond donors (Lipinski definition) is 1. The van der Waals surface area contributed by atoms with Crippen molar-refractivity contribution < 1.29 is 17.9 Å². The van der Waals surface area contributed by atoms with Gasteiger partial charge in [0, 0.05) is 43.5 Å². The second kappa shape index (κ2) is 7.75. The summed E-state index contributed by atoms with van der Waals surface area (Å²) in [6.45, 7) is 2.36. The van der Waals surface area contributed by atoms with E-state index in [0.717, 1.165) is 11.4 Å². The summed E-state index contributed by atoms with van der Waals surface area (Å²) >= 11 is 5.88. The standard InChI is InChI=1S/C18H20ClN3O4S/c1-26-15-4-2-3-14(12-15)21-7-9-22(10-8-21)18(23)13-5-6-16(19)17(11-13)27(20,24)25/h2-6,11-12H,7-10H2,1H3,(H2,20,24,25). The Morgan fingerprint density at radius 1 is 1.11 bits per heavy atom. The number of carbonyl (C=O) groups excluding carboxylic acids is 1. The maximum atomic E-state index is 12.7. The average molecular weight is 410 g/mol. The number of anilines is 1. The van der Waals surface area contributed by atoms with E-state index in [1.165, 1.54) is 18.2 Å². The van der Waals surface area contributed by atoms with E-state index in [-0.39, 0.29) is 21.4 Å². The minimum absolute atomic E-state index is 0.00288. The van der Waals surface area contributed by atoms with Gasteiger partial charge in [-0.2, -0.15) is 0 Å². The first-order valence-electron chi connectivity index (χ1n) is 8.30. The van der Waals surface area contributed by atoms with E-state index in [0.29, 0.717) is 26.2 Å². The van der Waals surface area contributed by atoms with Crippen LogP contribution in [0, 0.1) is 0 Å². The third-order valence-corrected chi connectivity index (χ3v) is 5.86. The summed E-state index contributed by atoms with van der Waals surface area (Å²) in [7, 11) is -2.37. The molecular weight excluding hydrogens is 390 g/mol. The predicted molar refractivity (Wildman–Crippen MR) is 104 cm³/mol. The molecule has 0 aromatic heterocycles. The van der Waals surface area contributed by atoms with Crippen LogP contribution in [0.2, 0.25) is 5.02 Å². The molecule has 1 saturated heterocycles. The van der Waals surface area contributed by atoms with Crippen molar-refractivity contribution >= 4 is 33.2 Å². The highest BCUT2D eigenvalue weighted by molar-refractivity contribution is 7.89. The molecule has 0 unspecified atom stereocenters. The second-order valence-corrected chi connectivity index (χ2v) is 8.11. The monoisotopic (exact) mass is 409 g/mol. The summed E-state index contributed by atoms with van der Waals surface area (Å²) in [5.41, 5.74) is 1.28. The fourth-order valence-corrected chi connectivity index (χ4v) is 4.08. The largest absolute Gasteiger partial charge is 0.497 e. The maximum absolute atomic E-state index is 12.7. The number of sulfonamides is 1. The Hall–Kier alpha value is -2.29. The number of benzene rings is 2. The number of nitrogens with two attached hydrogens (primary N) is 1. The summed E-state index contributed by atoms with van der Waals surface area (Å²) < 4.78 is 28.5. The Kier molecular flexibility index (Phi) is 5.59. The fraction of sp³-hybridized carbons (Fsp3) is 0.278. The predicted octanol–water partition coefficient (Wildman–Crippen LogP) is 1.96. The molecule has 0 bridgehead atoms. The number of ether oxygens (including phenoxy) is 1. The molecule has 1 aliphatic heterocycles. The van der Waals surface area contributed by atoms with Gasteiger partial charge < -0.3 is 14.5 Å². The number of amides is 1. The summed E-state index contributed by atoms with van der Waals surface area (Å²) in [6.07, 6.45) is 0. The van der Waals surface area contributed by atoms with E-state index in [9.17, 15) is 13.2 Å². The quantitative estimate of drug-likeness (QED) is 0.833. The van der Waals surface area contributed by atoms with Gasteiger partial charge in [0.2, 0.25) is 10.0 Å². The van der Waals surface area contributed by atoms with Gasteiger partial charge in [-0.25, -0.2) is 13.6 Å². The molecule has 0 atom stereocenters. The molecular formula is C18H20ClN3O4S. The Bertz CT molecular complexity index is 957. The lowest BCUT2D eigenvalue weighted by molar-refractivity contribution is 0.0746. The van der Waals surface area contributed by atoms with E-state index in [4.69, 9.17) is 21.5 Å². The Labute approximate surface area is 163 Å². The lowest BCUT2D eigenvalue weighted by atomic mass is 10.1. The van der Waals surface area contributed by atoms with Crippen LogP contribution in [0.1, 0.15) is 10.4 Å². The van der Waals surface area contributed by atoms with Crippen molar-refractivity contribution in [3.63, 3.8) is 0 Å². The van der Waals surface area contributed by atoms with Crippen molar-refractivity contribution in [3.8, 4) is 5.75 Å². The molecule has 0 radical (unpaired) electrons. The third-order valence-electron chi connectivity index (χ3n) is 4.47. The minimum Gasteiger partial charge on any atom is -0.497 e. The van der Waals surface area contributed by atoms with Gasteiger partial charge in [0.15, 0.2) is 0 Å². The van der Waals surface area contributed by atoms with Crippen molar-refractivity contribution in [1.82, 2.24) is 4.90 Å². The zero-order valence-corrected chi connectivity index (χ0v) is 16.3. The van der Waals surface area contributed by atoms with Crippen LogP contribution < -0.4 is 14.8 Å². The van der Waals surface area contributed by atoms with Gasteiger partial charge in [-0.1, -0.05) is 17.7 Å². The summed E-state index contributed by atoms with van der Waals surface area (Å²) in [6, 6.07) is 11.9. The molecule has 1 amide bonds. The van der Waals surface area contributed by atoms with Crippen molar-refractivity contribution in [2.24, 2.45) is 5.14 Å². The Morgan fingerprint density at radius 2 is 1.81 bits per heavy atom. The van der Waals surface area contributed by atoms with E-state index < -0.39 is 10.0 Å². The first kappa shape index (κ1) is 19.5. The smallest absolute Gasteiger partial charge is 0.254 e. The normalized spacial score (nSPS) is 14.9. The number of piperazine rings is 1. The SMILES string of the molecule is COc1cccc(N2CCN(C(=O)c3ccc(Cl)c(S(N)(=O)=O)c3)CC2)c1. The third kappa shape index (κ3) is 4.35. The highest BCUT2D eigenvalue weighted by Crippen LogP contribution is 2.24. The molecule has 7 nitrogen and oxygen atoms in total. The van der Waals surface area contributed by atoms with E-state index in [2.05, 4.69) is 4.90 Å². The molecule has 0 saturated carbocycles. The van der Waals surface area contributed by atoms with Crippen LogP contribution in [0.15, 0.2) is 47.4 Å². The minimum atomic E-state index is -3.99. The molecule has 2 aromatic carbocycles. The van der Waals surface area contributed by atoms with Crippen molar-refractivity contribution in [1.29, 1.82) is 0 Å². The molecule has 1 fully saturated rings. The molecule has 0 spiro atoms. The summed E-state index contributed by atoms with van der Waals surface area (Å²) in [5.74, 6) is 0.532. The second-order valence-electron chi connectivity index (χ2n) is 6.17. The average Bonchev–Trinajstić information content (AvgIpc) is 2.67. The number of rotatable bonds is 4. The van der Waals surface area contributed by atoms with Crippen molar-refractivity contribution in [2.75, 3.05) is 38.2 Å². The van der Waals surface area contributed by atoms with Crippen LogP contribution in [0.25, 0.3) is 0 Å². The van der Waals surface area contributed by atoms with Gasteiger partial charge in [-0.3, -0.25) is 4.79 Å². The molecule has 2 N–H and O–H groups in total. The zero-order chi connectivity index (χ0) is 19.6. The number of hydrogen-bond acceptors (Lipinski definition) is 5. The lowest BCUT2D eigenvalue weighted by Gasteiger charge is -2.36. The summed E-state index contributed by atoms with van der Waals surface area (Å²) in [5, 5.41) is 5.15. The first-order chi connectivity index (χ1) is 12.8. The van der Waals surface area contributed by atoms with Crippen LogP contribution in [-0.4, -0.2) is 52.5 Å². The zero-order valence-electron chi connectivity index (χ0n) is 14.8. The Balaban J connectivity index is 1.72. The summed E-state index contributed by atoms with van der Waals surface area (Å²) in [4.78, 5) is 16.4. The van der Waals surface area contributed by atoms with Gasteiger partial charge >= 0.3 is 0 Å². The van der Waals surface area contributed by atoms with Gasteiger partial charge in [0.05, 0.1) is 12.1 Å². The van der Waals surface area contributed by atoms with Gasteiger partial charge in [0.25, 0.3) is 5.91 Å². The van der Waals surface area contributed by atoms with Crippen LogP contribution in [0.4, 0.5) is 5.69 Å². The van der Waals surface area contributed by atoms with E-state index in [1.807, 2.05) is 24.3 Å². The number of carbonyl (C=O) groups is 1. The van der Waals surface area contributed by atoms with Crippen LogP contribution in [0.5, 0.6) is 5.75 Å². The first-order valence-corrected chi connectivity index (χ1v) is 10.2. The van der Waals surface area contributed by atoms with Crippen LogP contribution in [0.3, 0.4) is 0 Å². The lowest BCUT2D eigenvalue weighted by Crippen LogP contribution is -2.48. The van der Waals surface area contributed by atoms with Crippen molar-refractivity contribution in [3.05, 3.63) is 53.1 Å². The molecule has 0 aliphatic carbocycles. The van der Waals surface area contributed by atoms with E-state index >= 15 is 0 Å². The molecule has 1 heterocycles. The molecule has 2 aromatic rings. The van der Waals surface area contributed by atoms with Crippen LogP contribution in [-0.2, 0) is 10.0 Å². The van der Waals surface area contributed by atoms with Crippen molar-refractivity contribution in [2.45, 2.75) is 4.90 Å². The molecule has 9 heteroatoms. The van der Waals surface area contributed by atoms with E-state index in [1.54, 1.807) is 12.0 Å². The number of nitrogens with zero attached hydrogens (tertiary/aromatic N) is 2. The highest BCUT2D eigenvalue weighted by atomic mass is 35.5. The van der Waals surface area contributed by atoms with Gasteiger partial charge in [-0.05, 0) is 30.3 Å². The maximum Gasteiger partial charge on any atom is 0.254 e. The van der Waals surface area contributed by atoms with Crippen LogP contribution >= 0.6 is 11.6 Å². The number of methoxy groups -OCH3 is 1. The van der Waals surface area contributed by atoms with Gasteiger partial charge in [0.1, 0.15) is 10.6 Å². The highest BCUT2D eigenvalue weighted by Gasteiger charge is 2.24. The van der Waals surface area contributed by atoms with Gasteiger partial charge in [-0.15, -0.1) is 0 Å².